The van der Waals surface area contributed by atoms with Crippen LogP contribution in [0, 0.1) is 0 Å². The molecule has 0 N–H and O–H groups in total. The molecule has 0 fully saturated rings. The monoisotopic (exact) mass is 888 g/mol. The van der Waals surface area contributed by atoms with Crippen LogP contribution in [0.5, 0.6) is 0 Å². The zero-order chi connectivity index (χ0) is 46.0. The van der Waals surface area contributed by atoms with Crippen LogP contribution >= 0.6 is 0 Å². The summed E-state index contributed by atoms with van der Waals surface area (Å²) in [5.41, 5.74) is 24.1. The number of hydrogen-bond acceptors (Lipinski definition) is 1. The average molecular weight is 889 g/mol. The van der Waals surface area contributed by atoms with Gasteiger partial charge in [-0.15, -0.1) is 0 Å². The van der Waals surface area contributed by atoms with Crippen molar-refractivity contribution in [2.45, 2.75) is 10.8 Å². The predicted octanol–water partition coefficient (Wildman–Crippen LogP) is 17.0. The Morgan fingerprint density at radius 2 is 0.657 bits per heavy atom. The Bertz CT molecular complexity index is 3960. The molecule has 1 spiro atoms. The maximum atomic E-state index is 2.50. The Hall–Kier alpha value is -8.98. The van der Waals surface area contributed by atoms with E-state index in [2.05, 4.69) is 276 Å². The summed E-state index contributed by atoms with van der Waals surface area (Å²) in [6.07, 6.45) is 0. The summed E-state index contributed by atoms with van der Waals surface area (Å²) >= 11 is 0. The quantitative estimate of drug-likeness (QED) is 0.161. The van der Waals surface area contributed by atoms with Gasteiger partial charge in [-0.1, -0.05) is 200 Å². The molecule has 326 valence electrons. The topological polar surface area (TPSA) is 8.17 Å². The molecular weight excluding hydrogens is 845 g/mol. The zero-order valence-corrected chi connectivity index (χ0v) is 38.3. The van der Waals surface area contributed by atoms with Crippen molar-refractivity contribution in [2.24, 2.45) is 0 Å². The van der Waals surface area contributed by atoms with Crippen molar-refractivity contribution < 1.29 is 0 Å². The molecule has 3 aliphatic carbocycles. The lowest BCUT2D eigenvalue weighted by molar-refractivity contribution is 0.770. The third kappa shape index (κ3) is 5.12. The fourth-order valence-corrected chi connectivity index (χ4v) is 13.2. The van der Waals surface area contributed by atoms with Crippen molar-refractivity contribution in [3.05, 3.63) is 311 Å². The van der Waals surface area contributed by atoms with Crippen LogP contribution in [0.2, 0.25) is 0 Å². The van der Waals surface area contributed by atoms with E-state index >= 15 is 0 Å². The van der Waals surface area contributed by atoms with E-state index in [0.717, 1.165) is 22.7 Å². The number of rotatable bonds is 6. The Kier molecular flexibility index (Phi) is 8.24. The van der Waals surface area contributed by atoms with Gasteiger partial charge in [-0.25, -0.2) is 0 Å². The number of fused-ring (bicyclic) bond motifs is 16. The Morgan fingerprint density at radius 3 is 1.20 bits per heavy atom. The molecule has 15 rings (SSSR count). The van der Waals surface area contributed by atoms with Crippen LogP contribution in [0.4, 0.5) is 17.1 Å². The van der Waals surface area contributed by atoms with Crippen LogP contribution in [-0.2, 0) is 10.8 Å². The number of aromatic nitrogens is 1. The molecule has 0 atom stereocenters. The Balaban J connectivity index is 0.992. The van der Waals surface area contributed by atoms with Crippen molar-refractivity contribution in [3.63, 3.8) is 0 Å². The molecule has 12 aromatic rings. The van der Waals surface area contributed by atoms with Gasteiger partial charge in [0.15, 0.2) is 0 Å². The van der Waals surface area contributed by atoms with E-state index in [9.17, 15) is 0 Å². The highest BCUT2D eigenvalue weighted by Crippen LogP contribution is 2.63. The molecule has 0 saturated carbocycles. The molecule has 0 bridgehead atoms. The molecule has 1 heterocycles. The average Bonchev–Trinajstić information content (AvgIpc) is 4.13. The second kappa shape index (κ2) is 14.8. The van der Waals surface area contributed by atoms with Gasteiger partial charge >= 0.3 is 0 Å². The first kappa shape index (κ1) is 39.1. The summed E-state index contributed by atoms with van der Waals surface area (Å²) in [6, 6.07) is 99.7. The van der Waals surface area contributed by atoms with Gasteiger partial charge in [-0.05, 0) is 145 Å². The molecule has 2 heteroatoms. The normalized spacial score (nSPS) is 13.9. The van der Waals surface area contributed by atoms with Gasteiger partial charge in [0.1, 0.15) is 0 Å². The summed E-state index contributed by atoms with van der Waals surface area (Å²) in [7, 11) is 0. The van der Waals surface area contributed by atoms with Gasteiger partial charge in [0.2, 0.25) is 0 Å². The number of nitrogens with zero attached hydrogens (tertiary/aromatic N) is 2. The van der Waals surface area contributed by atoms with Gasteiger partial charge < -0.3 is 9.47 Å². The molecule has 3 aliphatic rings. The predicted molar refractivity (Wildman–Crippen MR) is 289 cm³/mol. The third-order valence-corrected chi connectivity index (χ3v) is 15.9. The molecule has 0 aliphatic heterocycles. The minimum Gasteiger partial charge on any atom is -0.310 e. The highest BCUT2D eigenvalue weighted by molar-refractivity contribution is 6.11. The maximum Gasteiger partial charge on any atom is 0.0726 e. The fourth-order valence-electron chi connectivity index (χ4n) is 13.2. The summed E-state index contributed by atoms with van der Waals surface area (Å²) in [5, 5.41) is 2.41. The lowest BCUT2D eigenvalue weighted by Crippen LogP contribution is -2.28. The summed E-state index contributed by atoms with van der Waals surface area (Å²) in [5.74, 6) is 0. The van der Waals surface area contributed by atoms with Gasteiger partial charge in [-0.3, -0.25) is 0 Å². The smallest absolute Gasteiger partial charge is 0.0726 e. The van der Waals surface area contributed by atoms with Gasteiger partial charge in [-0.2, -0.15) is 0 Å². The van der Waals surface area contributed by atoms with Crippen LogP contribution < -0.4 is 4.90 Å². The van der Waals surface area contributed by atoms with E-state index in [1.54, 1.807) is 0 Å². The minimum absolute atomic E-state index is 0.451. The molecular formula is C68H44N2. The maximum absolute atomic E-state index is 2.50. The summed E-state index contributed by atoms with van der Waals surface area (Å²) in [6.45, 7) is 0. The Labute approximate surface area is 407 Å². The second-order valence-electron chi connectivity index (χ2n) is 19.1. The van der Waals surface area contributed by atoms with Crippen LogP contribution in [0.15, 0.2) is 267 Å². The van der Waals surface area contributed by atoms with E-state index in [4.69, 9.17) is 0 Å². The van der Waals surface area contributed by atoms with Crippen molar-refractivity contribution in [1.29, 1.82) is 0 Å². The van der Waals surface area contributed by atoms with Crippen LogP contribution in [0.3, 0.4) is 0 Å². The number of para-hydroxylation sites is 2. The fraction of sp³-hybridized carbons (Fsp3) is 0.0294. The third-order valence-electron chi connectivity index (χ3n) is 15.9. The van der Waals surface area contributed by atoms with E-state index in [1.807, 2.05) is 0 Å². The van der Waals surface area contributed by atoms with Crippen molar-refractivity contribution >= 4 is 38.9 Å². The minimum atomic E-state index is -0.521. The van der Waals surface area contributed by atoms with Crippen molar-refractivity contribution in [1.82, 2.24) is 4.57 Å². The molecule has 1 aromatic heterocycles. The van der Waals surface area contributed by atoms with Crippen LogP contribution in [-0.4, -0.2) is 4.57 Å². The summed E-state index contributed by atoms with van der Waals surface area (Å²) in [4.78, 5) is 2.47. The summed E-state index contributed by atoms with van der Waals surface area (Å²) < 4.78 is 2.45. The van der Waals surface area contributed by atoms with E-state index in [1.165, 1.54) is 99.7 Å². The number of benzene rings is 11. The Morgan fingerprint density at radius 1 is 0.257 bits per heavy atom. The number of anilines is 3. The first-order chi connectivity index (χ1) is 34.7. The molecule has 11 aromatic carbocycles. The highest BCUT2D eigenvalue weighted by Gasteiger charge is 2.52. The van der Waals surface area contributed by atoms with Crippen LogP contribution in [0.1, 0.15) is 44.5 Å². The molecule has 0 amide bonds. The first-order valence-corrected chi connectivity index (χ1v) is 24.4. The van der Waals surface area contributed by atoms with Crippen molar-refractivity contribution in [2.75, 3.05) is 4.90 Å². The lowest BCUT2D eigenvalue weighted by atomic mass is 9.67. The molecule has 0 unspecified atom stereocenters. The number of hydrogen-bond donors (Lipinski definition) is 0. The molecule has 0 radical (unpaired) electrons. The second-order valence-corrected chi connectivity index (χ2v) is 19.1. The van der Waals surface area contributed by atoms with Gasteiger partial charge in [0, 0.05) is 33.5 Å². The van der Waals surface area contributed by atoms with E-state index < -0.39 is 10.8 Å². The molecule has 70 heavy (non-hydrogen) atoms. The first-order valence-electron chi connectivity index (χ1n) is 24.4. The standard InChI is InChI=1S/C68H44N2/c1-4-20-45(21-5-1)67(59-31-15-10-26-51(59)52-27-11-16-32-60(52)67)46-36-40-65-57(42-46)58-43-49(38-41-66(58)70(65)48-24-8-3-9-25-48)69(47-22-6-2-7-23-47)50-37-39-56-55-30-14-19-35-63(55)68(64(56)44-50)61-33-17-12-28-53(61)54-29-13-18-34-62(54)68/h1-44H. The lowest BCUT2D eigenvalue weighted by Gasteiger charge is -2.34. The molecule has 2 nitrogen and oxygen atoms in total. The van der Waals surface area contributed by atoms with E-state index in [0.29, 0.717) is 0 Å². The SMILES string of the molecule is c1ccc(N(c2ccc3c(c2)C2(c4ccccc4-c4ccccc42)c2ccccc2-3)c2ccc3c(c2)c2cc(C4(c5ccccc5)c5ccccc5-c5ccccc54)ccc2n3-c2ccccc2)cc1. The zero-order valence-electron chi connectivity index (χ0n) is 38.3. The van der Waals surface area contributed by atoms with Crippen LogP contribution in [0.25, 0.3) is 60.9 Å². The van der Waals surface area contributed by atoms with Crippen molar-refractivity contribution in [3.8, 4) is 39.1 Å². The van der Waals surface area contributed by atoms with E-state index in [-0.39, 0.29) is 0 Å². The van der Waals surface area contributed by atoms with Gasteiger partial charge in [0.05, 0.1) is 21.9 Å². The highest BCUT2D eigenvalue weighted by atomic mass is 15.1. The molecule has 0 saturated heterocycles. The van der Waals surface area contributed by atoms with Gasteiger partial charge in [0.25, 0.3) is 0 Å². The largest absolute Gasteiger partial charge is 0.310 e.